The number of para-hydroxylation sites is 1. The van der Waals surface area contributed by atoms with Gasteiger partial charge in [0.2, 0.25) is 5.88 Å². The Morgan fingerprint density at radius 1 is 1.24 bits per heavy atom. The summed E-state index contributed by atoms with van der Waals surface area (Å²) in [5.74, 6) is -0.653. The third-order valence-electron chi connectivity index (χ3n) is 4.07. The van der Waals surface area contributed by atoms with Crippen LogP contribution in [0.5, 0.6) is 5.88 Å². The molecule has 1 aliphatic heterocycles. The molecule has 1 amide bonds. The summed E-state index contributed by atoms with van der Waals surface area (Å²) in [6.07, 6.45) is 2.34. The van der Waals surface area contributed by atoms with Crippen molar-refractivity contribution in [3.8, 4) is 5.88 Å². The minimum atomic E-state index is -0.620. The maximum absolute atomic E-state index is 12.6. The molecule has 1 aliphatic rings. The maximum atomic E-state index is 12.6. The third kappa shape index (κ3) is 3.47. The van der Waals surface area contributed by atoms with Crippen molar-refractivity contribution in [2.24, 2.45) is 0 Å². The lowest BCUT2D eigenvalue weighted by atomic mass is 10.1. The number of nitrogens with zero attached hydrogens (tertiary/aromatic N) is 2. The van der Waals surface area contributed by atoms with E-state index >= 15 is 0 Å². The number of carbonyl (C=O) groups is 2. The second-order valence-corrected chi connectivity index (χ2v) is 5.81. The number of aromatic nitrogens is 1. The molecule has 1 aromatic heterocycles. The van der Waals surface area contributed by atoms with Gasteiger partial charge in [0.15, 0.2) is 6.61 Å². The first-order valence-electron chi connectivity index (χ1n) is 8.26. The monoisotopic (exact) mass is 340 g/mol. The molecule has 0 fully saturated rings. The standard InChI is InChI=1S/C19H20N2O4/c1-3-24-18-15(8-6-10-20-18)19(23)25-12-17(22)21-13(2)11-14-7-4-5-9-16(14)21/h4-10,13H,3,11-12H2,1-2H3/t13-/m1/s1. The van der Waals surface area contributed by atoms with Gasteiger partial charge < -0.3 is 14.4 Å². The molecule has 6 heteroatoms. The van der Waals surface area contributed by atoms with Gasteiger partial charge in [0.25, 0.3) is 5.91 Å². The minimum Gasteiger partial charge on any atom is -0.477 e. The van der Waals surface area contributed by atoms with E-state index in [0.717, 1.165) is 17.7 Å². The molecule has 0 aliphatic carbocycles. The molecule has 2 heterocycles. The van der Waals surface area contributed by atoms with Crippen molar-refractivity contribution < 1.29 is 19.1 Å². The molecule has 1 atom stereocenters. The van der Waals surface area contributed by atoms with Gasteiger partial charge in [-0.25, -0.2) is 9.78 Å². The van der Waals surface area contributed by atoms with Crippen molar-refractivity contribution in [3.05, 3.63) is 53.7 Å². The third-order valence-corrected chi connectivity index (χ3v) is 4.07. The molecule has 3 rings (SSSR count). The zero-order valence-corrected chi connectivity index (χ0v) is 14.3. The van der Waals surface area contributed by atoms with Crippen LogP contribution in [0.2, 0.25) is 0 Å². The van der Waals surface area contributed by atoms with Crippen LogP contribution in [0.1, 0.15) is 29.8 Å². The van der Waals surface area contributed by atoms with Gasteiger partial charge in [-0.05, 0) is 44.0 Å². The fourth-order valence-corrected chi connectivity index (χ4v) is 3.02. The Balaban J connectivity index is 1.68. The molecule has 2 aromatic rings. The summed E-state index contributed by atoms with van der Waals surface area (Å²) in [5.41, 5.74) is 2.22. The zero-order chi connectivity index (χ0) is 17.8. The molecule has 25 heavy (non-hydrogen) atoms. The number of ether oxygens (including phenoxy) is 2. The van der Waals surface area contributed by atoms with Crippen molar-refractivity contribution in [3.63, 3.8) is 0 Å². The van der Waals surface area contributed by atoms with E-state index in [-0.39, 0.29) is 30.0 Å². The molecule has 0 unspecified atom stereocenters. The highest BCUT2D eigenvalue weighted by molar-refractivity contribution is 5.99. The summed E-state index contributed by atoms with van der Waals surface area (Å²) in [5, 5.41) is 0. The number of hydrogen-bond acceptors (Lipinski definition) is 5. The van der Waals surface area contributed by atoms with Gasteiger partial charge in [-0.3, -0.25) is 4.79 Å². The van der Waals surface area contributed by atoms with E-state index in [0.29, 0.717) is 6.61 Å². The Hall–Kier alpha value is -2.89. The van der Waals surface area contributed by atoms with E-state index in [2.05, 4.69) is 4.98 Å². The normalized spacial score (nSPS) is 15.6. The molecule has 0 saturated heterocycles. The van der Waals surface area contributed by atoms with Crippen LogP contribution >= 0.6 is 0 Å². The Morgan fingerprint density at radius 3 is 2.84 bits per heavy atom. The molecule has 0 spiro atoms. The van der Waals surface area contributed by atoms with Crippen LogP contribution in [0.4, 0.5) is 5.69 Å². The highest BCUT2D eigenvalue weighted by Crippen LogP contribution is 2.31. The van der Waals surface area contributed by atoms with E-state index in [1.165, 1.54) is 6.20 Å². The number of anilines is 1. The molecule has 6 nitrogen and oxygen atoms in total. The van der Waals surface area contributed by atoms with Crippen LogP contribution in [-0.4, -0.2) is 36.1 Å². The van der Waals surface area contributed by atoms with Crippen LogP contribution in [0, 0.1) is 0 Å². The number of benzene rings is 1. The van der Waals surface area contributed by atoms with Gasteiger partial charge in [0, 0.05) is 17.9 Å². The zero-order valence-electron chi connectivity index (χ0n) is 14.3. The van der Waals surface area contributed by atoms with E-state index in [9.17, 15) is 9.59 Å². The van der Waals surface area contributed by atoms with Crippen LogP contribution in [0.25, 0.3) is 0 Å². The van der Waals surface area contributed by atoms with Gasteiger partial charge in [-0.15, -0.1) is 0 Å². The molecule has 0 bridgehead atoms. The minimum absolute atomic E-state index is 0.0426. The number of esters is 1. The topological polar surface area (TPSA) is 68.7 Å². The number of amides is 1. The van der Waals surface area contributed by atoms with Crippen molar-refractivity contribution >= 4 is 17.6 Å². The lowest BCUT2D eigenvalue weighted by Crippen LogP contribution is -2.38. The highest BCUT2D eigenvalue weighted by Gasteiger charge is 2.31. The first-order valence-corrected chi connectivity index (χ1v) is 8.26. The first kappa shape index (κ1) is 17.0. The van der Waals surface area contributed by atoms with E-state index < -0.39 is 5.97 Å². The molecule has 0 saturated carbocycles. The highest BCUT2D eigenvalue weighted by atomic mass is 16.5. The lowest BCUT2D eigenvalue weighted by molar-refractivity contribution is -0.122. The van der Waals surface area contributed by atoms with Crippen LogP contribution in [-0.2, 0) is 16.0 Å². The molecule has 0 N–H and O–H groups in total. The smallest absolute Gasteiger partial charge is 0.344 e. The van der Waals surface area contributed by atoms with Crippen LogP contribution in [0.15, 0.2) is 42.6 Å². The van der Waals surface area contributed by atoms with E-state index in [1.54, 1.807) is 24.0 Å². The summed E-state index contributed by atoms with van der Waals surface area (Å²) in [6, 6.07) is 11.0. The Labute approximate surface area is 146 Å². The van der Waals surface area contributed by atoms with Gasteiger partial charge >= 0.3 is 5.97 Å². The average molecular weight is 340 g/mol. The Kier molecular flexibility index (Phi) is 4.97. The number of pyridine rings is 1. The number of hydrogen-bond donors (Lipinski definition) is 0. The summed E-state index contributed by atoms with van der Waals surface area (Å²) < 4.78 is 10.5. The fraction of sp³-hybridized carbons (Fsp3) is 0.316. The Morgan fingerprint density at radius 2 is 2.04 bits per heavy atom. The van der Waals surface area contributed by atoms with Gasteiger partial charge in [0.1, 0.15) is 5.56 Å². The average Bonchev–Trinajstić information content (AvgIpc) is 2.96. The molecule has 1 aromatic carbocycles. The van der Waals surface area contributed by atoms with Crippen LogP contribution < -0.4 is 9.64 Å². The largest absolute Gasteiger partial charge is 0.477 e. The van der Waals surface area contributed by atoms with E-state index in [1.807, 2.05) is 31.2 Å². The number of carbonyl (C=O) groups excluding carboxylic acids is 2. The predicted octanol–water partition coefficient (Wildman–Crippen LogP) is 2.61. The number of fused-ring (bicyclic) bond motifs is 1. The SMILES string of the molecule is CCOc1ncccc1C(=O)OCC(=O)N1c2ccccc2C[C@H]1C. The summed E-state index contributed by atoms with van der Waals surface area (Å²) in [4.78, 5) is 30.5. The van der Waals surface area contributed by atoms with E-state index in [4.69, 9.17) is 9.47 Å². The number of rotatable bonds is 5. The second kappa shape index (κ2) is 7.34. The van der Waals surface area contributed by atoms with Crippen LogP contribution in [0.3, 0.4) is 0 Å². The molecule has 0 radical (unpaired) electrons. The fourth-order valence-electron chi connectivity index (χ4n) is 3.02. The maximum Gasteiger partial charge on any atom is 0.344 e. The second-order valence-electron chi connectivity index (χ2n) is 5.81. The summed E-state index contributed by atoms with van der Waals surface area (Å²) in [7, 11) is 0. The lowest BCUT2D eigenvalue weighted by Gasteiger charge is -2.22. The predicted molar refractivity (Wildman–Crippen MR) is 92.8 cm³/mol. The van der Waals surface area contributed by atoms with Crippen molar-refractivity contribution in [1.29, 1.82) is 0 Å². The van der Waals surface area contributed by atoms with Gasteiger partial charge in [-0.1, -0.05) is 18.2 Å². The van der Waals surface area contributed by atoms with Crippen molar-refractivity contribution in [2.75, 3.05) is 18.1 Å². The van der Waals surface area contributed by atoms with Gasteiger partial charge in [0.05, 0.1) is 6.61 Å². The van der Waals surface area contributed by atoms with Crippen molar-refractivity contribution in [1.82, 2.24) is 4.98 Å². The summed E-state index contributed by atoms with van der Waals surface area (Å²) in [6.45, 7) is 3.85. The van der Waals surface area contributed by atoms with Crippen molar-refractivity contribution in [2.45, 2.75) is 26.3 Å². The molecular formula is C19H20N2O4. The Bertz CT molecular complexity index is 790. The molecule has 130 valence electrons. The summed E-state index contributed by atoms with van der Waals surface area (Å²) >= 11 is 0. The van der Waals surface area contributed by atoms with Gasteiger partial charge in [-0.2, -0.15) is 0 Å². The quantitative estimate of drug-likeness (QED) is 0.783. The molecular weight excluding hydrogens is 320 g/mol. The first-order chi connectivity index (χ1) is 12.1.